The molecule has 0 aliphatic carbocycles. The quantitative estimate of drug-likeness (QED) is 0.636. The first-order chi connectivity index (χ1) is 10.6. The molecule has 0 amide bonds. The Balaban J connectivity index is 0. The molecule has 0 N–H and O–H groups in total. The molecule has 0 saturated carbocycles. The van der Waals surface area contributed by atoms with Crippen LogP contribution in [0.1, 0.15) is 78.6 Å². The van der Waals surface area contributed by atoms with Gasteiger partial charge in [-0.05, 0) is 17.5 Å². The van der Waals surface area contributed by atoms with Crippen molar-refractivity contribution in [2.45, 2.75) is 67.2 Å². The van der Waals surface area contributed by atoms with Gasteiger partial charge in [-0.2, -0.15) is 0 Å². The maximum Gasteiger partial charge on any atom is 0.130 e. The van der Waals surface area contributed by atoms with Crippen LogP contribution in [0, 0.1) is 0 Å². The van der Waals surface area contributed by atoms with Crippen LogP contribution in [0.15, 0.2) is 48.8 Å². The summed E-state index contributed by atoms with van der Waals surface area (Å²) in [5.74, 6) is 2.01. The van der Waals surface area contributed by atoms with Crippen molar-refractivity contribution in [3.05, 3.63) is 60.2 Å². The summed E-state index contributed by atoms with van der Waals surface area (Å²) >= 11 is 0. The van der Waals surface area contributed by atoms with Gasteiger partial charge in [0.15, 0.2) is 0 Å². The highest BCUT2D eigenvalue weighted by atomic mass is 14.9. The molecule has 0 aliphatic heterocycles. The van der Waals surface area contributed by atoms with Crippen molar-refractivity contribution in [2.24, 2.45) is 0 Å². The van der Waals surface area contributed by atoms with E-state index in [9.17, 15) is 0 Å². The van der Waals surface area contributed by atoms with E-state index >= 15 is 0 Å². The smallest absolute Gasteiger partial charge is 0.130 e. The Bertz CT molecular complexity index is 378. The van der Waals surface area contributed by atoms with Crippen molar-refractivity contribution in [2.75, 3.05) is 0 Å². The fraction of sp³-hybridized carbons (Fsp3) is 0.500. The third-order valence-corrected chi connectivity index (χ3v) is 2.57. The molecule has 0 spiro atoms. The molecule has 2 nitrogen and oxygen atoms in total. The molecule has 22 heavy (non-hydrogen) atoms. The van der Waals surface area contributed by atoms with Crippen molar-refractivity contribution in [1.29, 1.82) is 0 Å². The van der Waals surface area contributed by atoms with E-state index < -0.39 is 0 Å². The lowest BCUT2D eigenvalue weighted by atomic mass is 10.0. The average molecular weight is 303 g/mol. The fourth-order valence-corrected chi connectivity index (χ4v) is 1.45. The zero-order valence-corrected chi connectivity index (χ0v) is 15.7. The van der Waals surface area contributed by atoms with E-state index in [1.165, 1.54) is 5.56 Å². The van der Waals surface area contributed by atoms with Crippen molar-refractivity contribution >= 4 is 0 Å². The van der Waals surface area contributed by atoms with E-state index in [4.69, 9.17) is 0 Å². The van der Waals surface area contributed by atoms with Crippen molar-refractivity contribution in [3.8, 4) is 0 Å². The molecule has 0 fully saturated rings. The van der Waals surface area contributed by atoms with Gasteiger partial charge in [-0.1, -0.05) is 85.7 Å². The summed E-state index contributed by atoms with van der Waals surface area (Å²) < 4.78 is 0. The van der Waals surface area contributed by atoms with Crippen LogP contribution >= 0.6 is 0 Å². The predicted octanol–water partition coefficient (Wildman–Crippen LogP) is 6.46. The number of nitrogens with zero attached hydrogens (tertiary/aromatic N) is 2. The molecule has 1 aromatic heterocycles. The summed E-state index contributed by atoms with van der Waals surface area (Å²) in [7, 11) is 0. The molecule has 2 aromatic rings. The molecule has 124 valence electrons. The summed E-state index contributed by atoms with van der Waals surface area (Å²) in [4.78, 5) is 8.13. The maximum absolute atomic E-state index is 4.07. The molecular formula is C20H34N2. The summed E-state index contributed by atoms with van der Waals surface area (Å²) in [6.07, 6.45) is 3.53. The second-order valence-corrected chi connectivity index (χ2v) is 4.83. The minimum atomic E-state index is 0.436. The Morgan fingerprint density at radius 3 is 1.36 bits per heavy atom. The van der Waals surface area contributed by atoms with E-state index in [2.05, 4.69) is 61.9 Å². The van der Waals surface area contributed by atoms with Crippen molar-refractivity contribution < 1.29 is 0 Å². The molecule has 1 heterocycles. The lowest BCUT2D eigenvalue weighted by molar-refractivity contribution is 0.774. The number of hydrogen-bond donors (Lipinski definition) is 0. The van der Waals surface area contributed by atoms with Gasteiger partial charge >= 0.3 is 0 Å². The number of benzene rings is 1. The number of rotatable bonds is 2. The monoisotopic (exact) mass is 302 g/mol. The minimum absolute atomic E-state index is 0.436. The second-order valence-electron chi connectivity index (χ2n) is 4.83. The first kappa shape index (κ1) is 22.6. The molecule has 0 bridgehead atoms. The molecule has 1 aromatic carbocycles. The van der Waals surface area contributed by atoms with Crippen LogP contribution < -0.4 is 0 Å². The van der Waals surface area contributed by atoms with Gasteiger partial charge in [0.05, 0.1) is 0 Å². The van der Waals surface area contributed by atoms with Gasteiger partial charge < -0.3 is 0 Å². The van der Waals surface area contributed by atoms with E-state index in [1.807, 2.05) is 39.8 Å². The maximum atomic E-state index is 4.07. The van der Waals surface area contributed by atoms with Gasteiger partial charge in [0.1, 0.15) is 5.82 Å². The Morgan fingerprint density at radius 2 is 1.09 bits per heavy atom. The highest BCUT2D eigenvalue weighted by Crippen LogP contribution is 2.11. The van der Waals surface area contributed by atoms with Crippen molar-refractivity contribution in [1.82, 2.24) is 9.97 Å². The van der Waals surface area contributed by atoms with E-state index in [-0.39, 0.29) is 0 Å². The highest BCUT2D eigenvalue weighted by molar-refractivity contribution is 5.17. The normalized spacial score (nSPS) is 8.82. The largest absolute Gasteiger partial charge is 0.241 e. The predicted molar refractivity (Wildman–Crippen MR) is 99.3 cm³/mol. The van der Waals surface area contributed by atoms with Crippen LogP contribution in [-0.2, 0) is 0 Å². The lowest BCUT2D eigenvalue weighted by Crippen LogP contribution is -1.93. The molecule has 0 saturated heterocycles. The molecule has 2 rings (SSSR count). The van der Waals surface area contributed by atoms with E-state index in [0.717, 1.165) is 5.82 Å². The Morgan fingerprint density at radius 1 is 0.636 bits per heavy atom. The van der Waals surface area contributed by atoms with Crippen LogP contribution in [0.2, 0.25) is 0 Å². The zero-order chi connectivity index (χ0) is 17.4. The summed E-state index contributed by atoms with van der Waals surface area (Å²) in [5.41, 5.74) is 1.41. The minimum Gasteiger partial charge on any atom is -0.241 e. The Kier molecular flexibility index (Phi) is 16.1. The summed E-state index contributed by atoms with van der Waals surface area (Å²) in [5, 5.41) is 0. The molecular weight excluding hydrogens is 268 g/mol. The van der Waals surface area contributed by atoms with Crippen LogP contribution in [-0.4, -0.2) is 9.97 Å². The second kappa shape index (κ2) is 15.7. The third-order valence-electron chi connectivity index (χ3n) is 2.57. The van der Waals surface area contributed by atoms with Crippen LogP contribution in [0.4, 0.5) is 0 Å². The molecule has 0 aliphatic rings. The van der Waals surface area contributed by atoms with E-state index in [1.54, 1.807) is 12.4 Å². The Labute approximate surface area is 138 Å². The third kappa shape index (κ3) is 11.0. The van der Waals surface area contributed by atoms with Gasteiger partial charge in [0.25, 0.3) is 0 Å². The average Bonchev–Trinajstić information content (AvgIpc) is 2.60. The van der Waals surface area contributed by atoms with Gasteiger partial charge in [-0.15, -0.1) is 0 Å². The molecule has 2 heteroatoms. The first-order valence-electron chi connectivity index (χ1n) is 8.43. The van der Waals surface area contributed by atoms with Crippen molar-refractivity contribution in [3.63, 3.8) is 0 Å². The van der Waals surface area contributed by atoms with Crippen LogP contribution in [0.3, 0.4) is 0 Å². The number of aromatic nitrogens is 2. The highest BCUT2D eigenvalue weighted by Gasteiger charge is 1.97. The van der Waals surface area contributed by atoms with Gasteiger partial charge in [-0.25, -0.2) is 9.97 Å². The van der Waals surface area contributed by atoms with Gasteiger partial charge in [-0.3, -0.25) is 0 Å². The zero-order valence-electron chi connectivity index (χ0n) is 15.7. The molecule has 0 radical (unpaired) electrons. The number of hydrogen-bond acceptors (Lipinski definition) is 2. The van der Waals surface area contributed by atoms with E-state index in [0.29, 0.717) is 11.8 Å². The van der Waals surface area contributed by atoms with Crippen LogP contribution in [0.25, 0.3) is 0 Å². The topological polar surface area (TPSA) is 25.8 Å². The summed E-state index contributed by atoms with van der Waals surface area (Å²) in [6.45, 7) is 16.6. The SMILES string of the molecule is CC.CC.CC(C)c1ccccc1.CC(C)c1ncccn1. The summed E-state index contributed by atoms with van der Waals surface area (Å²) in [6, 6.07) is 12.3. The van der Waals surface area contributed by atoms with Gasteiger partial charge in [0.2, 0.25) is 0 Å². The Hall–Kier alpha value is -1.70. The standard InChI is InChI=1S/C9H12.C7H10N2.2C2H6/c1-8(2)9-6-4-3-5-7-9;1-6(2)7-8-4-3-5-9-7;2*1-2/h3-8H,1-2H3;3-6H,1-2H3;2*1-2H3. The lowest BCUT2D eigenvalue weighted by Gasteiger charge is -2.01. The first-order valence-corrected chi connectivity index (χ1v) is 8.43. The molecule has 0 unspecified atom stereocenters. The fourth-order valence-electron chi connectivity index (χ4n) is 1.45. The van der Waals surface area contributed by atoms with Gasteiger partial charge in [0, 0.05) is 18.3 Å². The van der Waals surface area contributed by atoms with Crippen LogP contribution in [0.5, 0.6) is 0 Å². The molecule has 0 atom stereocenters.